The third kappa shape index (κ3) is 4.32. The lowest BCUT2D eigenvalue weighted by atomic mass is 10.4. The van der Waals surface area contributed by atoms with E-state index in [-0.39, 0.29) is 18.0 Å². The molecule has 112 valence electrons. The van der Waals surface area contributed by atoms with Gasteiger partial charge in [-0.1, -0.05) is 11.3 Å². The molecule has 1 N–H and O–H groups in total. The number of amides is 1. The summed E-state index contributed by atoms with van der Waals surface area (Å²) < 4.78 is 11.2. The Morgan fingerprint density at radius 2 is 2.29 bits per heavy atom. The number of hydrogen-bond donors (Lipinski definition) is 1. The Bertz CT molecular complexity index is 671. The van der Waals surface area contributed by atoms with Gasteiger partial charge in [0.25, 0.3) is 5.91 Å². The smallest absolute Gasteiger partial charge is 0.326 e. The van der Waals surface area contributed by atoms with Gasteiger partial charge >= 0.3 is 10.8 Å². The van der Waals surface area contributed by atoms with E-state index in [1.54, 1.807) is 24.4 Å². The maximum Gasteiger partial charge on any atom is 0.326 e. The van der Waals surface area contributed by atoms with Gasteiger partial charge in [0.05, 0.1) is 12.8 Å². The maximum absolute atomic E-state index is 11.6. The van der Waals surface area contributed by atoms with Crippen molar-refractivity contribution in [3.8, 4) is 0 Å². The Labute approximate surface area is 124 Å². The lowest BCUT2D eigenvalue weighted by Crippen LogP contribution is -2.30. The van der Waals surface area contributed by atoms with Crippen molar-refractivity contribution in [1.29, 1.82) is 0 Å². The SMILES string of the molecule is Cc1csc(=O)n1CC(=O)OCC(=O)NCc1ccco1. The van der Waals surface area contributed by atoms with Crippen LogP contribution >= 0.6 is 11.3 Å². The van der Waals surface area contributed by atoms with Crippen LogP contribution in [0, 0.1) is 6.92 Å². The Morgan fingerprint density at radius 1 is 1.48 bits per heavy atom. The molecule has 0 bridgehead atoms. The Morgan fingerprint density at radius 3 is 2.90 bits per heavy atom. The summed E-state index contributed by atoms with van der Waals surface area (Å²) in [5, 5.41) is 4.20. The van der Waals surface area contributed by atoms with Crippen LogP contribution in [0.2, 0.25) is 0 Å². The highest BCUT2D eigenvalue weighted by atomic mass is 32.1. The van der Waals surface area contributed by atoms with Crippen molar-refractivity contribution < 1.29 is 18.7 Å². The lowest BCUT2D eigenvalue weighted by molar-refractivity contribution is -0.149. The minimum Gasteiger partial charge on any atom is -0.467 e. The molecule has 21 heavy (non-hydrogen) atoms. The first kappa shape index (κ1) is 15.0. The zero-order chi connectivity index (χ0) is 15.2. The van der Waals surface area contributed by atoms with Crippen molar-refractivity contribution in [3.05, 3.63) is 44.9 Å². The van der Waals surface area contributed by atoms with Crippen molar-refractivity contribution >= 4 is 23.2 Å². The van der Waals surface area contributed by atoms with E-state index in [1.807, 2.05) is 0 Å². The van der Waals surface area contributed by atoms with Gasteiger partial charge in [0, 0.05) is 11.1 Å². The number of aryl methyl sites for hydroxylation is 1. The van der Waals surface area contributed by atoms with Crippen LogP contribution in [0.4, 0.5) is 0 Å². The summed E-state index contributed by atoms with van der Waals surface area (Å²) in [6.45, 7) is 1.37. The second-order valence-electron chi connectivity index (χ2n) is 4.25. The summed E-state index contributed by atoms with van der Waals surface area (Å²) in [7, 11) is 0. The molecule has 2 aromatic heterocycles. The molecule has 0 aliphatic carbocycles. The zero-order valence-corrected chi connectivity index (χ0v) is 12.1. The molecule has 8 heteroatoms. The summed E-state index contributed by atoms with van der Waals surface area (Å²) in [5.74, 6) is -0.462. The highest BCUT2D eigenvalue weighted by Gasteiger charge is 2.11. The topological polar surface area (TPSA) is 90.5 Å². The predicted octanol–water partition coefficient (Wildman–Crippen LogP) is 0.671. The van der Waals surface area contributed by atoms with Crippen LogP contribution in [-0.2, 0) is 27.4 Å². The van der Waals surface area contributed by atoms with Gasteiger partial charge < -0.3 is 14.5 Å². The van der Waals surface area contributed by atoms with E-state index in [0.29, 0.717) is 11.5 Å². The average molecular weight is 310 g/mol. The van der Waals surface area contributed by atoms with Crippen LogP contribution in [0.3, 0.4) is 0 Å². The maximum atomic E-state index is 11.6. The zero-order valence-electron chi connectivity index (χ0n) is 11.3. The molecule has 2 heterocycles. The number of carbonyl (C=O) groups excluding carboxylic acids is 2. The average Bonchev–Trinajstić information content (AvgIpc) is 3.08. The van der Waals surface area contributed by atoms with Gasteiger partial charge in [-0.15, -0.1) is 0 Å². The fourth-order valence-electron chi connectivity index (χ4n) is 1.57. The molecule has 0 fully saturated rings. The van der Waals surface area contributed by atoms with Gasteiger partial charge in [-0.25, -0.2) is 0 Å². The van der Waals surface area contributed by atoms with E-state index < -0.39 is 18.5 Å². The molecule has 7 nitrogen and oxygen atoms in total. The molecule has 0 saturated heterocycles. The number of rotatable bonds is 6. The van der Waals surface area contributed by atoms with E-state index in [1.165, 1.54) is 10.8 Å². The summed E-state index contributed by atoms with van der Waals surface area (Å²) in [4.78, 5) is 34.3. The fraction of sp³-hybridized carbons (Fsp3) is 0.308. The molecule has 0 radical (unpaired) electrons. The molecule has 0 aliphatic heterocycles. The summed E-state index contributed by atoms with van der Waals surface area (Å²) >= 11 is 1.01. The van der Waals surface area contributed by atoms with Gasteiger partial charge in [0.1, 0.15) is 12.3 Å². The number of aromatic nitrogens is 1. The molecule has 2 aromatic rings. The molecule has 0 aliphatic rings. The van der Waals surface area contributed by atoms with Crippen LogP contribution in [-0.4, -0.2) is 23.1 Å². The van der Waals surface area contributed by atoms with E-state index in [2.05, 4.69) is 5.32 Å². The lowest BCUT2D eigenvalue weighted by Gasteiger charge is -2.06. The quantitative estimate of drug-likeness (QED) is 0.792. The molecule has 0 unspecified atom stereocenters. The summed E-state index contributed by atoms with van der Waals surface area (Å²) in [6, 6.07) is 3.43. The van der Waals surface area contributed by atoms with Crippen molar-refractivity contribution in [2.45, 2.75) is 20.0 Å². The number of nitrogens with zero attached hydrogens (tertiary/aromatic N) is 1. The van der Waals surface area contributed by atoms with Crippen LogP contribution in [0.15, 0.2) is 33.0 Å². The number of thiazole rings is 1. The molecular formula is C13H14N2O5S. The van der Waals surface area contributed by atoms with Crippen LogP contribution in [0.5, 0.6) is 0 Å². The van der Waals surface area contributed by atoms with Gasteiger partial charge in [0.2, 0.25) is 0 Å². The van der Waals surface area contributed by atoms with E-state index in [4.69, 9.17) is 9.15 Å². The number of esters is 1. The minimum absolute atomic E-state index is 0.195. The van der Waals surface area contributed by atoms with E-state index in [0.717, 1.165) is 11.3 Å². The summed E-state index contributed by atoms with van der Waals surface area (Å²) in [5.41, 5.74) is 0.684. The second kappa shape index (κ2) is 6.89. The molecule has 0 atom stereocenters. The Kier molecular flexibility index (Phi) is 4.94. The Hall–Kier alpha value is -2.35. The molecule has 1 amide bonds. The van der Waals surface area contributed by atoms with Gasteiger partial charge in [0.15, 0.2) is 6.61 Å². The minimum atomic E-state index is -0.633. The van der Waals surface area contributed by atoms with Crippen molar-refractivity contribution in [2.75, 3.05) is 6.61 Å². The van der Waals surface area contributed by atoms with E-state index >= 15 is 0 Å². The van der Waals surface area contributed by atoms with Gasteiger partial charge in [-0.2, -0.15) is 0 Å². The molecule has 0 spiro atoms. The first-order valence-corrected chi connectivity index (χ1v) is 7.04. The summed E-state index contributed by atoms with van der Waals surface area (Å²) in [6.07, 6.45) is 1.50. The number of nitrogens with one attached hydrogen (secondary N) is 1. The molecule has 0 aromatic carbocycles. The molecular weight excluding hydrogens is 296 g/mol. The van der Waals surface area contributed by atoms with Crippen LogP contribution < -0.4 is 10.2 Å². The largest absolute Gasteiger partial charge is 0.467 e. The van der Waals surface area contributed by atoms with Gasteiger partial charge in [-0.05, 0) is 19.1 Å². The van der Waals surface area contributed by atoms with Crippen LogP contribution in [0.25, 0.3) is 0 Å². The number of ether oxygens (including phenoxy) is 1. The number of hydrogen-bond acceptors (Lipinski definition) is 6. The standard InChI is InChI=1S/C13H14N2O5S/c1-9-8-21-13(18)15(9)6-12(17)20-7-11(16)14-5-10-3-2-4-19-10/h2-4,8H,5-7H2,1H3,(H,14,16). The third-order valence-electron chi connectivity index (χ3n) is 2.67. The van der Waals surface area contributed by atoms with Crippen molar-refractivity contribution in [1.82, 2.24) is 9.88 Å². The highest BCUT2D eigenvalue weighted by molar-refractivity contribution is 7.07. The van der Waals surface area contributed by atoms with Crippen molar-refractivity contribution in [2.24, 2.45) is 0 Å². The van der Waals surface area contributed by atoms with Gasteiger partial charge in [-0.3, -0.25) is 19.0 Å². The van der Waals surface area contributed by atoms with Crippen LogP contribution in [0.1, 0.15) is 11.5 Å². The third-order valence-corrected chi connectivity index (χ3v) is 3.55. The number of carbonyl (C=O) groups is 2. The first-order chi connectivity index (χ1) is 10.1. The van der Waals surface area contributed by atoms with Crippen molar-refractivity contribution in [3.63, 3.8) is 0 Å². The predicted molar refractivity (Wildman–Crippen MR) is 74.8 cm³/mol. The first-order valence-electron chi connectivity index (χ1n) is 6.16. The number of furan rings is 1. The molecule has 2 rings (SSSR count). The molecule has 0 saturated carbocycles. The highest BCUT2D eigenvalue weighted by Crippen LogP contribution is 2.00. The fourth-order valence-corrected chi connectivity index (χ4v) is 2.30. The van der Waals surface area contributed by atoms with E-state index in [9.17, 15) is 14.4 Å². The monoisotopic (exact) mass is 310 g/mol. The second-order valence-corrected chi connectivity index (χ2v) is 5.07. The Balaban J connectivity index is 1.73. The normalized spacial score (nSPS) is 10.3.